The van der Waals surface area contributed by atoms with Gasteiger partial charge in [-0.1, -0.05) is 12.1 Å². The minimum absolute atomic E-state index is 0.0422. The Morgan fingerprint density at radius 1 is 1.13 bits per heavy atom. The van der Waals surface area contributed by atoms with Gasteiger partial charge in [0.25, 0.3) is 5.91 Å². The number of nitrogens with one attached hydrogen (secondary N) is 2. The predicted octanol–water partition coefficient (Wildman–Crippen LogP) is 1.89. The number of hydrogen-bond donors (Lipinski definition) is 3. The average Bonchev–Trinajstić information content (AvgIpc) is 3.47. The van der Waals surface area contributed by atoms with Crippen LogP contribution in [0.25, 0.3) is 0 Å². The number of rotatable bonds is 3. The number of fused-ring (bicyclic) bond motifs is 5. The maximum absolute atomic E-state index is 12.7. The van der Waals surface area contributed by atoms with Crippen molar-refractivity contribution in [3.8, 4) is 11.5 Å². The molecule has 12 nitrogen and oxygen atoms in total. The number of ether oxygens (including phenoxy) is 2. The molecule has 2 aliphatic heterocycles. The van der Waals surface area contributed by atoms with Crippen LogP contribution in [0.1, 0.15) is 44.5 Å². The lowest BCUT2D eigenvalue weighted by molar-refractivity contribution is -0.122. The first-order chi connectivity index (χ1) is 18.3. The summed E-state index contributed by atoms with van der Waals surface area (Å²) in [5.41, 5.74) is 0.859. The molecular weight excluding hydrogens is 494 g/mol. The van der Waals surface area contributed by atoms with Crippen molar-refractivity contribution in [2.75, 3.05) is 19.6 Å². The van der Waals surface area contributed by atoms with Gasteiger partial charge in [0.1, 0.15) is 11.5 Å². The van der Waals surface area contributed by atoms with Gasteiger partial charge in [-0.25, -0.2) is 4.79 Å². The average molecular weight is 522 g/mol. The van der Waals surface area contributed by atoms with Gasteiger partial charge in [0, 0.05) is 38.5 Å². The van der Waals surface area contributed by atoms with E-state index in [1.54, 1.807) is 25.1 Å². The van der Waals surface area contributed by atoms with E-state index < -0.39 is 11.9 Å². The van der Waals surface area contributed by atoms with Crippen molar-refractivity contribution in [2.24, 2.45) is 0 Å². The second-order valence-electron chi connectivity index (χ2n) is 9.24. The molecule has 2 atom stereocenters. The standard InChI is InChI=1S/C26H27N5O7/c1-15-29-30-24(37-15)13-31-11-21-22(12-31)36-14-16-3-2-4-19(7-16)38-20-9-17(8-18(10-20)26(34)35)25(33)27-6-5-23(32)28-21/h2-4,7-10,21-22H,5-6,11-14H2,1H3,(H,27,33)(H,28,32)(H,34,35)/t21-,22-/m0/s1. The van der Waals surface area contributed by atoms with Crippen molar-refractivity contribution in [3.05, 3.63) is 70.9 Å². The summed E-state index contributed by atoms with van der Waals surface area (Å²) in [7, 11) is 0. The van der Waals surface area contributed by atoms with Crippen LogP contribution in [0, 0.1) is 6.92 Å². The number of aromatic nitrogens is 2. The Bertz CT molecular complexity index is 1360. The van der Waals surface area contributed by atoms with Gasteiger partial charge in [-0.15, -0.1) is 10.2 Å². The van der Waals surface area contributed by atoms with Crippen molar-refractivity contribution in [3.63, 3.8) is 0 Å². The van der Waals surface area contributed by atoms with Gasteiger partial charge in [-0.05, 0) is 35.9 Å². The summed E-state index contributed by atoms with van der Waals surface area (Å²) in [4.78, 5) is 39.2. The number of benzene rings is 2. The molecule has 1 saturated heterocycles. The highest BCUT2D eigenvalue weighted by atomic mass is 16.5. The van der Waals surface area contributed by atoms with E-state index in [-0.39, 0.29) is 54.5 Å². The fourth-order valence-corrected chi connectivity index (χ4v) is 4.50. The molecule has 1 fully saturated rings. The minimum atomic E-state index is -1.19. The van der Waals surface area contributed by atoms with Gasteiger partial charge in [0.15, 0.2) is 0 Å². The molecule has 12 heteroatoms. The number of carbonyl (C=O) groups excluding carboxylic acids is 2. The number of carbonyl (C=O) groups is 3. The Labute approximate surface area is 217 Å². The Balaban J connectivity index is 1.38. The van der Waals surface area contributed by atoms with Gasteiger partial charge in [-0.3, -0.25) is 14.5 Å². The summed E-state index contributed by atoms with van der Waals surface area (Å²) in [5, 5.41) is 23.1. The van der Waals surface area contributed by atoms with Gasteiger partial charge in [-0.2, -0.15) is 0 Å². The van der Waals surface area contributed by atoms with E-state index in [9.17, 15) is 19.5 Å². The van der Waals surface area contributed by atoms with Crippen LogP contribution in [-0.2, 0) is 22.7 Å². The SMILES string of the molecule is Cc1nnc(CN2C[C@@H]3NC(=O)CCNC(=O)c4cc(cc(C(=O)O)c4)Oc4cccc(c4)CO[C@H]3C2)o1. The Hall–Kier alpha value is -4.29. The molecule has 4 bridgehead atoms. The quantitative estimate of drug-likeness (QED) is 0.465. The van der Waals surface area contributed by atoms with Crippen LogP contribution in [0.4, 0.5) is 0 Å². The van der Waals surface area contributed by atoms with E-state index in [2.05, 4.69) is 25.7 Å². The molecule has 3 heterocycles. The number of amides is 2. The Morgan fingerprint density at radius 2 is 2.00 bits per heavy atom. The summed E-state index contributed by atoms with van der Waals surface area (Å²) >= 11 is 0. The van der Waals surface area contributed by atoms with Gasteiger partial charge in [0.05, 0.1) is 30.9 Å². The number of carboxylic acid groups (broad SMARTS) is 1. The summed E-state index contributed by atoms with van der Waals surface area (Å²) < 4.78 is 17.7. The lowest BCUT2D eigenvalue weighted by Gasteiger charge is -2.20. The highest BCUT2D eigenvalue weighted by Gasteiger charge is 2.35. The molecule has 0 spiro atoms. The minimum Gasteiger partial charge on any atom is -0.478 e. The smallest absolute Gasteiger partial charge is 0.335 e. The maximum atomic E-state index is 12.7. The summed E-state index contributed by atoms with van der Waals surface area (Å²) in [6, 6.07) is 11.0. The number of nitrogens with zero attached hydrogens (tertiary/aromatic N) is 3. The first-order valence-corrected chi connectivity index (χ1v) is 12.2. The van der Waals surface area contributed by atoms with E-state index in [0.29, 0.717) is 37.2 Å². The normalized spacial score (nSPS) is 20.6. The third kappa shape index (κ3) is 6.15. The first kappa shape index (κ1) is 25.4. The predicted molar refractivity (Wildman–Crippen MR) is 132 cm³/mol. The van der Waals surface area contributed by atoms with Crippen molar-refractivity contribution in [2.45, 2.75) is 38.6 Å². The molecule has 0 saturated carbocycles. The van der Waals surface area contributed by atoms with Crippen molar-refractivity contribution >= 4 is 17.8 Å². The molecular formula is C26H27N5O7. The zero-order valence-corrected chi connectivity index (χ0v) is 20.7. The number of aryl methyl sites for hydroxylation is 1. The van der Waals surface area contributed by atoms with Crippen molar-refractivity contribution in [1.29, 1.82) is 0 Å². The third-order valence-electron chi connectivity index (χ3n) is 6.27. The molecule has 198 valence electrons. The zero-order chi connectivity index (χ0) is 26.6. The molecule has 2 amide bonds. The van der Waals surface area contributed by atoms with Crippen LogP contribution in [0.5, 0.6) is 11.5 Å². The van der Waals surface area contributed by atoms with Crippen LogP contribution in [0.2, 0.25) is 0 Å². The number of hydrogen-bond acceptors (Lipinski definition) is 9. The molecule has 0 aliphatic carbocycles. The van der Waals surface area contributed by atoms with Crippen LogP contribution in [-0.4, -0.2) is 69.8 Å². The third-order valence-corrected chi connectivity index (χ3v) is 6.27. The first-order valence-electron chi connectivity index (χ1n) is 12.2. The fraction of sp³-hybridized carbons (Fsp3) is 0.346. The molecule has 2 aliphatic rings. The number of aromatic carboxylic acids is 1. The highest BCUT2D eigenvalue weighted by molar-refractivity contribution is 5.98. The lowest BCUT2D eigenvalue weighted by atomic mass is 10.1. The highest BCUT2D eigenvalue weighted by Crippen LogP contribution is 2.26. The van der Waals surface area contributed by atoms with Crippen molar-refractivity contribution in [1.82, 2.24) is 25.7 Å². The van der Waals surface area contributed by atoms with Crippen LogP contribution >= 0.6 is 0 Å². The van der Waals surface area contributed by atoms with E-state index in [1.165, 1.54) is 18.2 Å². The maximum Gasteiger partial charge on any atom is 0.335 e. The van der Waals surface area contributed by atoms with Gasteiger partial charge in [0.2, 0.25) is 17.7 Å². The van der Waals surface area contributed by atoms with E-state index in [4.69, 9.17) is 13.9 Å². The van der Waals surface area contributed by atoms with Gasteiger partial charge >= 0.3 is 5.97 Å². The Kier molecular flexibility index (Phi) is 7.33. The fourth-order valence-electron chi connectivity index (χ4n) is 4.50. The number of carboxylic acids is 1. The topological polar surface area (TPSA) is 156 Å². The largest absolute Gasteiger partial charge is 0.478 e. The summed E-state index contributed by atoms with van der Waals surface area (Å²) in [6.45, 7) is 3.57. The molecule has 3 aromatic rings. The summed E-state index contributed by atoms with van der Waals surface area (Å²) in [5.74, 6) is -0.288. The van der Waals surface area contributed by atoms with Crippen LogP contribution in [0.3, 0.4) is 0 Å². The summed E-state index contributed by atoms with van der Waals surface area (Å²) in [6.07, 6.45) is -0.258. The molecule has 0 unspecified atom stereocenters. The molecule has 3 N–H and O–H groups in total. The zero-order valence-electron chi connectivity index (χ0n) is 20.7. The molecule has 1 aromatic heterocycles. The molecule has 2 aromatic carbocycles. The molecule has 0 radical (unpaired) electrons. The second-order valence-corrected chi connectivity index (χ2v) is 9.24. The molecule has 38 heavy (non-hydrogen) atoms. The Morgan fingerprint density at radius 3 is 2.79 bits per heavy atom. The van der Waals surface area contributed by atoms with E-state index >= 15 is 0 Å². The van der Waals surface area contributed by atoms with Crippen LogP contribution in [0.15, 0.2) is 46.9 Å². The van der Waals surface area contributed by atoms with Crippen LogP contribution < -0.4 is 15.4 Å². The van der Waals surface area contributed by atoms with E-state index in [1.807, 2.05) is 6.07 Å². The monoisotopic (exact) mass is 521 g/mol. The van der Waals surface area contributed by atoms with E-state index in [0.717, 1.165) is 5.56 Å². The second kappa shape index (κ2) is 11.0. The number of likely N-dealkylation sites (tertiary alicyclic amines) is 1. The van der Waals surface area contributed by atoms with Gasteiger partial charge < -0.3 is 29.6 Å². The van der Waals surface area contributed by atoms with Crippen molar-refractivity contribution < 1.29 is 33.4 Å². The lowest BCUT2D eigenvalue weighted by Crippen LogP contribution is -2.44. The molecule has 5 rings (SSSR count).